The highest BCUT2D eigenvalue weighted by molar-refractivity contribution is 5.81. The number of rotatable bonds is 4. The molecular weight excluding hydrogens is 212 g/mol. The number of hydrogen-bond acceptors (Lipinski definition) is 2. The summed E-state index contributed by atoms with van der Waals surface area (Å²) in [5, 5.41) is 14.2. The van der Waals surface area contributed by atoms with Gasteiger partial charge >= 0.3 is 0 Å². The lowest BCUT2D eigenvalue weighted by Gasteiger charge is -2.17. The molecule has 0 aliphatic heterocycles. The number of para-hydroxylation sites is 1. The number of nitrogens with zero attached hydrogens (tertiary/aromatic N) is 1. The molecule has 0 atom stereocenters. The average molecular weight is 232 g/mol. The third-order valence-electron chi connectivity index (χ3n) is 2.91. The zero-order chi connectivity index (χ0) is 12.5. The van der Waals surface area contributed by atoms with Crippen LogP contribution in [-0.2, 0) is 13.6 Å². The molecule has 0 spiro atoms. The first-order valence-corrected chi connectivity index (χ1v) is 5.94. The predicted octanol–water partition coefficient (Wildman–Crippen LogP) is 2.04. The van der Waals surface area contributed by atoms with Gasteiger partial charge in [0, 0.05) is 31.3 Å². The van der Waals surface area contributed by atoms with Crippen LogP contribution >= 0.6 is 0 Å². The van der Waals surface area contributed by atoms with Crippen LogP contribution in [0, 0.1) is 0 Å². The lowest BCUT2D eigenvalue weighted by atomic mass is 10.1. The van der Waals surface area contributed by atoms with Gasteiger partial charge in [-0.2, -0.15) is 0 Å². The maximum absolute atomic E-state index is 9.64. The van der Waals surface area contributed by atoms with E-state index in [1.165, 1.54) is 16.6 Å². The fourth-order valence-corrected chi connectivity index (χ4v) is 2.01. The van der Waals surface area contributed by atoms with Crippen LogP contribution in [-0.4, -0.2) is 21.8 Å². The molecule has 3 nitrogen and oxygen atoms in total. The average Bonchev–Trinajstić information content (AvgIpc) is 2.55. The number of benzene rings is 1. The van der Waals surface area contributed by atoms with E-state index in [4.69, 9.17) is 0 Å². The van der Waals surface area contributed by atoms with E-state index in [1.807, 2.05) is 13.8 Å². The second-order valence-corrected chi connectivity index (χ2v) is 5.17. The van der Waals surface area contributed by atoms with Gasteiger partial charge in [-0.05, 0) is 31.4 Å². The third kappa shape index (κ3) is 2.87. The lowest BCUT2D eigenvalue weighted by molar-refractivity contribution is 0.0793. The van der Waals surface area contributed by atoms with Gasteiger partial charge in [-0.1, -0.05) is 18.2 Å². The normalized spacial score (nSPS) is 12.2. The van der Waals surface area contributed by atoms with Gasteiger partial charge in [0.1, 0.15) is 0 Å². The van der Waals surface area contributed by atoms with Gasteiger partial charge < -0.3 is 15.0 Å². The summed E-state index contributed by atoms with van der Waals surface area (Å²) >= 11 is 0. The molecule has 2 aromatic rings. The summed E-state index contributed by atoms with van der Waals surface area (Å²) in [5.41, 5.74) is 1.81. The molecule has 1 aromatic carbocycles. The first-order chi connectivity index (χ1) is 7.97. The molecule has 2 rings (SSSR count). The van der Waals surface area contributed by atoms with Crippen molar-refractivity contribution in [2.45, 2.75) is 26.0 Å². The van der Waals surface area contributed by atoms with Crippen molar-refractivity contribution < 1.29 is 5.11 Å². The fraction of sp³-hybridized carbons (Fsp3) is 0.429. The highest BCUT2D eigenvalue weighted by Gasteiger charge is 2.12. The van der Waals surface area contributed by atoms with Crippen molar-refractivity contribution in [2.24, 2.45) is 7.05 Å². The molecule has 0 aliphatic carbocycles. The zero-order valence-electron chi connectivity index (χ0n) is 10.7. The van der Waals surface area contributed by atoms with E-state index >= 15 is 0 Å². The summed E-state index contributed by atoms with van der Waals surface area (Å²) in [4.78, 5) is 0. The second kappa shape index (κ2) is 4.51. The van der Waals surface area contributed by atoms with Gasteiger partial charge in [0.05, 0.1) is 5.60 Å². The molecule has 2 N–H and O–H groups in total. The molecule has 0 amide bonds. The Labute approximate surface area is 102 Å². The maximum atomic E-state index is 9.64. The van der Waals surface area contributed by atoms with Gasteiger partial charge in [-0.25, -0.2) is 0 Å². The standard InChI is InChI=1S/C14H20N2O/c1-14(2,17)10-15-9-12-8-11-6-4-5-7-13(11)16(12)3/h4-8,15,17H,9-10H2,1-3H3. The van der Waals surface area contributed by atoms with Crippen LogP contribution in [0.5, 0.6) is 0 Å². The molecule has 0 radical (unpaired) electrons. The largest absolute Gasteiger partial charge is 0.389 e. The molecule has 1 aromatic heterocycles. The van der Waals surface area contributed by atoms with E-state index in [0.29, 0.717) is 6.54 Å². The van der Waals surface area contributed by atoms with Crippen molar-refractivity contribution >= 4 is 10.9 Å². The minimum Gasteiger partial charge on any atom is -0.389 e. The number of aliphatic hydroxyl groups is 1. The Morgan fingerprint density at radius 3 is 2.65 bits per heavy atom. The molecule has 1 heterocycles. The molecule has 17 heavy (non-hydrogen) atoms. The summed E-state index contributed by atoms with van der Waals surface area (Å²) < 4.78 is 2.19. The highest BCUT2D eigenvalue weighted by atomic mass is 16.3. The van der Waals surface area contributed by atoms with E-state index in [0.717, 1.165) is 6.54 Å². The molecule has 3 heteroatoms. The zero-order valence-corrected chi connectivity index (χ0v) is 10.7. The van der Waals surface area contributed by atoms with Crippen molar-refractivity contribution in [3.8, 4) is 0 Å². The van der Waals surface area contributed by atoms with Gasteiger partial charge in [0.2, 0.25) is 0 Å². The third-order valence-corrected chi connectivity index (χ3v) is 2.91. The van der Waals surface area contributed by atoms with E-state index in [1.54, 1.807) is 0 Å². The molecule has 0 bridgehead atoms. The van der Waals surface area contributed by atoms with Crippen LogP contribution in [0.25, 0.3) is 10.9 Å². The fourth-order valence-electron chi connectivity index (χ4n) is 2.01. The van der Waals surface area contributed by atoms with Crippen molar-refractivity contribution in [1.82, 2.24) is 9.88 Å². The number of hydrogen-bond donors (Lipinski definition) is 2. The van der Waals surface area contributed by atoms with Crippen LogP contribution in [0.1, 0.15) is 19.5 Å². The summed E-state index contributed by atoms with van der Waals surface area (Å²) in [5.74, 6) is 0. The molecule has 0 saturated heterocycles. The lowest BCUT2D eigenvalue weighted by Crippen LogP contribution is -2.34. The number of aryl methyl sites for hydroxylation is 1. The van der Waals surface area contributed by atoms with E-state index < -0.39 is 5.60 Å². The molecular formula is C14H20N2O. The Bertz CT molecular complexity index is 508. The summed E-state index contributed by atoms with van der Waals surface area (Å²) in [7, 11) is 2.07. The number of fused-ring (bicyclic) bond motifs is 1. The van der Waals surface area contributed by atoms with Crippen LogP contribution in [0.3, 0.4) is 0 Å². The first kappa shape index (κ1) is 12.1. The van der Waals surface area contributed by atoms with E-state index in [9.17, 15) is 5.11 Å². The Morgan fingerprint density at radius 2 is 2.00 bits per heavy atom. The molecule has 0 fully saturated rings. The molecule has 0 saturated carbocycles. The highest BCUT2D eigenvalue weighted by Crippen LogP contribution is 2.18. The summed E-state index contributed by atoms with van der Waals surface area (Å²) in [6, 6.07) is 10.5. The molecule has 0 unspecified atom stereocenters. The Balaban J connectivity index is 2.11. The Hall–Kier alpha value is -1.32. The van der Waals surface area contributed by atoms with Gasteiger partial charge in [-0.15, -0.1) is 0 Å². The topological polar surface area (TPSA) is 37.2 Å². The van der Waals surface area contributed by atoms with Crippen LogP contribution in [0.15, 0.2) is 30.3 Å². The monoisotopic (exact) mass is 232 g/mol. The van der Waals surface area contributed by atoms with Crippen LogP contribution < -0.4 is 5.32 Å². The second-order valence-electron chi connectivity index (χ2n) is 5.17. The Morgan fingerprint density at radius 1 is 1.29 bits per heavy atom. The molecule has 92 valence electrons. The minimum absolute atomic E-state index is 0.592. The predicted molar refractivity (Wildman–Crippen MR) is 70.9 cm³/mol. The number of aromatic nitrogens is 1. The van der Waals surface area contributed by atoms with Crippen molar-refractivity contribution in [3.05, 3.63) is 36.0 Å². The van der Waals surface area contributed by atoms with Gasteiger partial charge in [0.25, 0.3) is 0 Å². The smallest absolute Gasteiger partial charge is 0.0715 e. The van der Waals surface area contributed by atoms with Gasteiger partial charge in [-0.3, -0.25) is 0 Å². The van der Waals surface area contributed by atoms with Crippen molar-refractivity contribution in [2.75, 3.05) is 6.54 Å². The van der Waals surface area contributed by atoms with Gasteiger partial charge in [0.15, 0.2) is 0 Å². The number of nitrogens with one attached hydrogen (secondary N) is 1. The van der Waals surface area contributed by atoms with Crippen LogP contribution in [0.2, 0.25) is 0 Å². The van der Waals surface area contributed by atoms with Crippen molar-refractivity contribution in [1.29, 1.82) is 0 Å². The van der Waals surface area contributed by atoms with E-state index in [2.05, 4.69) is 47.3 Å². The quantitative estimate of drug-likeness (QED) is 0.846. The first-order valence-electron chi connectivity index (χ1n) is 5.94. The van der Waals surface area contributed by atoms with Crippen molar-refractivity contribution in [3.63, 3.8) is 0 Å². The maximum Gasteiger partial charge on any atom is 0.0715 e. The molecule has 0 aliphatic rings. The SMILES string of the molecule is Cn1c(CNCC(C)(C)O)cc2ccccc21. The Kier molecular flexibility index (Phi) is 3.22. The van der Waals surface area contributed by atoms with E-state index in [-0.39, 0.29) is 0 Å². The minimum atomic E-state index is -0.662. The summed E-state index contributed by atoms with van der Waals surface area (Å²) in [6.45, 7) is 4.98. The van der Waals surface area contributed by atoms with Crippen LogP contribution in [0.4, 0.5) is 0 Å². The summed E-state index contributed by atoms with van der Waals surface area (Å²) in [6.07, 6.45) is 0.